The zero-order valence-corrected chi connectivity index (χ0v) is 13.2. The van der Waals surface area contributed by atoms with Crippen LogP contribution in [-0.2, 0) is 0 Å². The first-order valence-electron chi connectivity index (χ1n) is 7.44. The number of aryl methyl sites for hydroxylation is 1. The van der Waals surface area contributed by atoms with Crippen molar-refractivity contribution in [2.24, 2.45) is 5.92 Å². The normalized spacial score (nSPS) is 20.4. The second kappa shape index (κ2) is 7.30. The second-order valence-electron chi connectivity index (χ2n) is 5.82. The summed E-state index contributed by atoms with van der Waals surface area (Å²) in [4.78, 5) is 2.43. The van der Waals surface area contributed by atoms with Crippen LogP contribution in [0.5, 0.6) is 0 Å². The Labute approximate surface area is 126 Å². The molecule has 1 aliphatic rings. The van der Waals surface area contributed by atoms with Crippen molar-refractivity contribution in [3.05, 3.63) is 28.8 Å². The molecule has 1 fully saturated rings. The lowest BCUT2D eigenvalue weighted by molar-refractivity contribution is 0.155. The summed E-state index contributed by atoms with van der Waals surface area (Å²) in [6.07, 6.45) is 2.99. The van der Waals surface area contributed by atoms with Crippen molar-refractivity contribution in [2.75, 3.05) is 31.6 Å². The molecule has 0 aromatic heterocycles. The van der Waals surface area contributed by atoms with E-state index in [4.69, 9.17) is 11.6 Å². The van der Waals surface area contributed by atoms with Crippen molar-refractivity contribution < 1.29 is 5.11 Å². The second-order valence-corrected chi connectivity index (χ2v) is 6.23. The molecule has 0 spiro atoms. The van der Waals surface area contributed by atoms with Gasteiger partial charge in [0.25, 0.3) is 0 Å². The van der Waals surface area contributed by atoms with Crippen LogP contribution in [-0.4, -0.2) is 37.9 Å². The Morgan fingerprint density at radius 2 is 2.30 bits per heavy atom. The Morgan fingerprint density at radius 3 is 3.00 bits per heavy atom. The van der Waals surface area contributed by atoms with Gasteiger partial charge in [0, 0.05) is 30.3 Å². The van der Waals surface area contributed by atoms with Crippen LogP contribution in [0.4, 0.5) is 5.69 Å². The lowest BCUT2D eigenvalue weighted by Crippen LogP contribution is -2.24. The third kappa shape index (κ3) is 4.11. The highest BCUT2D eigenvalue weighted by atomic mass is 35.5. The highest BCUT2D eigenvalue weighted by Crippen LogP contribution is 2.29. The van der Waals surface area contributed by atoms with Crippen molar-refractivity contribution in [1.29, 1.82) is 0 Å². The Balaban J connectivity index is 1.84. The van der Waals surface area contributed by atoms with E-state index in [1.165, 1.54) is 12.1 Å². The first-order valence-corrected chi connectivity index (χ1v) is 7.81. The SMILES string of the molecule is CNCC(O)CCC1CCN(c2ccc(Cl)c(C)c2)C1. The number of rotatable bonds is 6. The highest BCUT2D eigenvalue weighted by Gasteiger charge is 2.23. The largest absolute Gasteiger partial charge is 0.392 e. The van der Waals surface area contributed by atoms with Crippen molar-refractivity contribution in [3.8, 4) is 0 Å². The fraction of sp³-hybridized carbons (Fsp3) is 0.625. The molecule has 1 aliphatic heterocycles. The number of nitrogens with zero attached hydrogens (tertiary/aromatic N) is 1. The standard InChI is InChI=1S/C16H25ClN2O/c1-12-9-14(4-6-16(12)17)19-8-7-13(11-19)3-5-15(20)10-18-2/h4,6,9,13,15,18,20H,3,5,7-8,10-11H2,1-2H3. The predicted molar refractivity (Wildman–Crippen MR) is 85.7 cm³/mol. The lowest BCUT2D eigenvalue weighted by atomic mass is 10.0. The van der Waals surface area contributed by atoms with E-state index in [1.54, 1.807) is 0 Å². The topological polar surface area (TPSA) is 35.5 Å². The molecule has 0 saturated carbocycles. The lowest BCUT2D eigenvalue weighted by Gasteiger charge is -2.20. The van der Waals surface area contributed by atoms with E-state index in [9.17, 15) is 5.11 Å². The van der Waals surface area contributed by atoms with Crippen LogP contribution < -0.4 is 10.2 Å². The fourth-order valence-corrected chi connectivity index (χ4v) is 3.01. The molecular formula is C16H25ClN2O. The van der Waals surface area contributed by atoms with Gasteiger partial charge in [0.2, 0.25) is 0 Å². The van der Waals surface area contributed by atoms with Gasteiger partial charge in [-0.3, -0.25) is 0 Å². The molecule has 112 valence electrons. The van der Waals surface area contributed by atoms with Crippen molar-refractivity contribution in [3.63, 3.8) is 0 Å². The van der Waals surface area contributed by atoms with Gasteiger partial charge in [-0.25, -0.2) is 0 Å². The van der Waals surface area contributed by atoms with Gasteiger partial charge in [-0.2, -0.15) is 0 Å². The summed E-state index contributed by atoms with van der Waals surface area (Å²) in [5, 5.41) is 13.6. The average Bonchev–Trinajstić information content (AvgIpc) is 2.89. The van der Waals surface area contributed by atoms with E-state index >= 15 is 0 Å². The number of halogens is 1. The maximum Gasteiger partial charge on any atom is 0.0664 e. The smallest absolute Gasteiger partial charge is 0.0664 e. The molecule has 0 bridgehead atoms. The molecule has 2 N–H and O–H groups in total. The van der Waals surface area contributed by atoms with Crippen LogP contribution in [0.2, 0.25) is 5.02 Å². The predicted octanol–water partition coefficient (Wildman–Crippen LogP) is 2.84. The Bertz CT molecular complexity index is 438. The summed E-state index contributed by atoms with van der Waals surface area (Å²) in [5.74, 6) is 0.692. The molecule has 1 aromatic rings. The third-order valence-electron chi connectivity index (χ3n) is 4.14. The Hall–Kier alpha value is -0.770. The first kappa shape index (κ1) is 15.6. The molecule has 2 rings (SSSR count). The number of anilines is 1. The number of aliphatic hydroxyl groups is 1. The number of aliphatic hydroxyl groups excluding tert-OH is 1. The molecular weight excluding hydrogens is 272 g/mol. The van der Waals surface area contributed by atoms with Crippen LogP contribution in [0, 0.1) is 12.8 Å². The van der Waals surface area contributed by atoms with E-state index in [0.717, 1.165) is 36.5 Å². The monoisotopic (exact) mass is 296 g/mol. The first-order chi connectivity index (χ1) is 9.60. The van der Waals surface area contributed by atoms with Crippen LogP contribution in [0.3, 0.4) is 0 Å². The van der Waals surface area contributed by atoms with Crippen molar-refractivity contribution in [2.45, 2.75) is 32.3 Å². The number of benzene rings is 1. The quantitative estimate of drug-likeness (QED) is 0.847. The molecule has 2 unspecified atom stereocenters. The minimum atomic E-state index is -0.216. The summed E-state index contributed by atoms with van der Waals surface area (Å²) in [6.45, 7) is 4.93. The summed E-state index contributed by atoms with van der Waals surface area (Å²) >= 11 is 6.08. The molecule has 2 atom stereocenters. The van der Waals surface area contributed by atoms with Gasteiger partial charge in [-0.15, -0.1) is 0 Å². The highest BCUT2D eigenvalue weighted by molar-refractivity contribution is 6.31. The number of likely N-dealkylation sites (N-methyl/N-ethyl adjacent to an activating group) is 1. The Morgan fingerprint density at radius 1 is 1.50 bits per heavy atom. The van der Waals surface area contributed by atoms with Gasteiger partial charge in [0.1, 0.15) is 0 Å². The van der Waals surface area contributed by atoms with Gasteiger partial charge in [0.15, 0.2) is 0 Å². The maximum atomic E-state index is 9.77. The molecule has 4 heteroatoms. The van der Waals surface area contributed by atoms with E-state index < -0.39 is 0 Å². The Kier molecular flexibility index (Phi) is 5.70. The van der Waals surface area contributed by atoms with Gasteiger partial charge in [-0.1, -0.05) is 11.6 Å². The van der Waals surface area contributed by atoms with Crippen LogP contribution in [0.25, 0.3) is 0 Å². The van der Waals surface area contributed by atoms with Crippen LogP contribution in [0.15, 0.2) is 18.2 Å². The molecule has 1 heterocycles. The van der Waals surface area contributed by atoms with Gasteiger partial charge < -0.3 is 15.3 Å². The number of nitrogens with one attached hydrogen (secondary N) is 1. The number of hydrogen-bond acceptors (Lipinski definition) is 3. The average molecular weight is 297 g/mol. The molecule has 0 aliphatic carbocycles. The summed E-state index contributed by atoms with van der Waals surface area (Å²) in [6, 6.07) is 6.25. The van der Waals surface area contributed by atoms with Gasteiger partial charge in [-0.05, 0) is 62.9 Å². The molecule has 0 amide bonds. The minimum Gasteiger partial charge on any atom is -0.392 e. The third-order valence-corrected chi connectivity index (χ3v) is 4.56. The maximum absolute atomic E-state index is 9.77. The summed E-state index contributed by atoms with van der Waals surface area (Å²) < 4.78 is 0. The van der Waals surface area contributed by atoms with Crippen LogP contribution >= 0.6 is 11.6 Å². The van der Waals surface area contributed by atoms with Crippen molar-refractivity contribution >= 4 is 17.3 Å². The van der Waals surface area contributed by atoms with Gasteiger partial charge >= 0.3 is 0 Å². The summed E-state index contributed by atoms with van der Waals surface area (Å²) in [5.41, 5.74) is 2.40. The molecule has 1 aromatic carbocycles. The van der Waals surface area contributed by atoms with E-state index in [1.807, 2.05) is 20.0 Å². The van der Waals surface area contributed by atoms with E-state index in [0.29, 0.717) is 12.5 Å². The molecule has 0 radical (unpaired) electrons. The van der Waals surface area contributed by atoms with Crippen LogP contribution in [0.1, 0.15) is 24.8 Å². The van der Waals surface area contributed by atoms with Crippen molar-refractivity contribution in [1.82, 2.24) is 5.32 Å². The summed E-state index contributed by atoms with van der Waals surface area (Å²) in [7, 11) is 1.88. The zero-order chi connectivity index (χ0) is 14.5. The minimum absolute atomic E-state index is 0.216. The number of hydrogen-bond donors (Lipinski definition) is 2. The molecule has 1 saturated heterocycles. The van der Waals surface area contributed by atoms with E-state index in [2.05, 4.69) is 22.3 Å². The molecule has 20 heavy (non-hydrogen) atoms. The van der Waals surface area contributed by atoms with E-state index in [-0.39, 0.29) is 6.10 Å². The fourth-order valence-electron chi connectivity index (χ4n) is 2.89. The van der Waals surface area contributed by atoms with Gasteiger partial charge in [0.05, 0.1) is 6.10 Å². The molecule has 3 nitrogen and oxygen atoms in total. The zero-order valence-electron chi connectivity index (χ0n) is 12.4.